The maximum absolute atomic E-state index is 10.8. The molecule has 0 aliphatic heterocycles. The van der Waals surface area contributed by atoms with Crippen molar-refractivity contribution in [3.8, 4) is 0 Å². The van der Waals surface area contributed by atoms with E-state index in [-0.39, 0.29) is 6.54 Å². The van der Waals surface area contributed by atoms with E-state index in [2.05, 4.69) is 15.5 Å². The third kappa shape index (κ3) is 2.22. The first-order chi connectivity index (χ1) is 8.51. The Kier molecular flexibility index (Phi) is 3.10. The molecule has 18 heavy (non-hydrogen) atoms. The summed E-state index contributed by atoms with van der Waals surface area (Å²) in [6, 6.07) is 9.74. The van der Waals surface area contributed by atoms with Gasteiger partial charge < -0.3 is 5.11 Å². The predicted molar refractivity (Wildman–Crippen MR) is 64.0 cm³/mol. The molecule has 0 unspecified atom stereocenters. The zero-order valence-corrected chi connectivity index (χ0v) is 10.2. The van der Waals surface area contributed by atoms with Gasteiger partial charge in [-0.1, -0.05) is 30.3 Å². The largest absolute Gasteiger partial charge is 0.480 e. The average Bonchev–Trinajstić information content (AvgIpc) is 2.78. The second kappa shape index (κ2) is 4.56. The van der Waals surface area contributed by atoms with Gasteiger partial charge in [0.25, 0.3) is 0 Å². The quantitative estimate of drug-likeness (QED) is 0.873. The fraction of sp³-hybridized carbons (Fsp3) is 0.333. The zero-order valence-electron chi connectivity index (χ0n) is 10.2. The Balaban J connectivity index is 2.42. The summed E-state index contributed by atoms with van der Waals surface area (Å²) in [7, 11) is 0. The topological polar surface area (TPSA) is 80.9 Å². The summed E-state index contributed by atoms with van der Waals surface area (Å²) >= 11 is 0. The van der Waals surface area contributed by atoms with Crippen molar-refractivity contribution in [2.75, 3.05) is 0 Å². The molecule has 1 heterocycles. The van der Waals surface area contributed by atoms with Crippen LogP contribution in [0.4, 0.5) is 0 Å². The number of hydrogen-bond donors (Lipinski definition) is 1. The van der Waals surface area contributed by atoms with Gasteiger partial charge in [-0.15, -0.1) is 5.10 Å². The Labute approximate surface area is 104 Å². The van der Waals surface area contributed by atoms with Gasteiger partial charge in [0.2, 0.25) is 0 Å². The second-order valence-electron chi connectivity index (χ2n) is 4.54. The summed E-state index contributed by atoms with van der Waals surface area (Å²) in [6.07, 6.45) is 0. The Morgan fingerprint density at radius 2 is 2.00 bits per heavy atom. The lowest BCUT2D eigenvalue weighted by Gasteiger charge is -2.23. The van der Waals surface area contributed by atoms with Crippen LogP contribution in [0.3, 0.4) is 0 Å². The van der Waals surface area contributed by atoms with Crippen LogP contribution in [0.1, 0.15) is 25.2 Å². The highest BCUT2D eigenvalue weighted by atomic mass is 16.4. The molecule has 1 aromatic carbocycles. The number of aliphatic carboxylic acids is 1. The van der Waals surface area contributed by atoms with E-state index < -0.39 is 11.4 Å². The molecule has 0 bridgehead atoms. The fourth-order valence-electron chi connectivity index (χ4n) is 1.87. The van der Waals surface area contributed by atoms with E-state index in [1.165, 1.54) is 4.68 Å². The molecule has 6 nitrogen and oxygen atoms in total. The molecule has 2 rings (SSSR count). The summed E-state index contributed by atoms with van der Waals surface area (Å²) in [5.41, 5.74) is 0.590. The van der Waals surface area contributed by atoms with Gasteiger partial charge in [-0.05, 0) is 29.8 Å². The van der Waals surface area contributed by atoms with Gasteiger partial charge in [-0.25, -0.2) is 4.68 Å². The smallest absolute Gasteiger partial charge is 0.325 e. The molecular weight excluding hydrogens is 232 g/mol. The van der Waals surface area contributed by atoms with E-state index in [0.29, 0.717) is 5.82 Å². The van der Waals surface area contributed by atoms with Crippen molar-refractivity contribution in [2.45, 2.75) is 25.8 Å². The first-order valence-corrected chi connectivity index (χ1v) is 5.56. The van der Waals surface area contributed by atoms with Crippen molar-refractivity contribution in [3.63, 3.8) is 0 Å². The fourth-order valence-corrected chi connectivity index (χ4v) is 1.87. The summed E-state index contributed by atoms with van der Waals surface area (Å²) in [5.74, 6) is -0.427. The van der Waals surface area contributed by atoms with Gasteiger partial charge in [0, 0.05) is 0 Å². The highest BCUT2D eigenvalue weighted by Crippen LogP contribution is 2.28. The predicted octanol–water partition coefficient (Wildman–Crippen LogP) is 1.08. The summed E-state index contributed by atoms with van der Waals surface area (Å²) in [6.45, 7) is 3.69. The molecule has 0 saturated heterocycles. The minimum Gasteiger partial charge on any atom is -0.480 e. The number of nitrogens with zero attached hydrogens (tertiary/aromatic N) is 4. The van der Waals surface area contributed by atoms with Crippen LogP contribution in [0.5, 0.6) is 0 Å². The van der Waals surface area contributed by atoms with E-state index in [1.807, 2.05) is 44.2 Å². The SMILES string of the molecule is CC(C)(c1ccccc1)c1nnnn1CC(=O)O. The Hall–Kier alpha value is -2.24. The lowest BCUT2D eigenvalue weighted by Crippen LogP contribution is -2.26. The van der Waals surface area contributed by atoms with E-state index >= 15 is 0 Å². The van der Waals surface area contributed by atoms with Crippen molar-refractivity contribution < 1.29 is 9.90 Å². The minimum absolute atomic E-state index is 0.238. The summed E-state index contributed by atoms with van der Waals surface area (Å²) in [4.78, 5) is 10.8. The molecule has 0 aliphatic rings. The van der Waals surface area contributed by atoms with Crippen molar-refractivity contribution in [1.29, 1.82) is 0 Å². The van der Waals surface area contributed by atoms with E-state index in [4.69, 9.17) is 5.11 Å². The maximum Gasteiger partial charge on any atom is 0.325 e. The number of rotatable bonds is 4. The van der Waals surface area contributed by atoms with Gasteiger partial charge in [-0.3, -0.25) is 4.79 Å². The molecule has 1 N–H and O–H groups in total. The molecule has 94 valence electrons. The Morgan fingerprint density at radius 1 is 1.33 bits per heavy atom. The van der Waals surface area contributed by atoms with Crippen molar-refractivity contribution in [2.24, 2.45) is 0 Å². The van der Waals surface area contributed by atoms with E-state index in [1.54, 1.807) is 0 Å². The van der Waals surface area contributed by atoms with Crippen molar-refractivity contribution in [1.82, 2.24) is 20.2 Å². The van der Waals surface area contributed by atoms with Crippen LogP contribution >= 0.6 is 0 Å². The molecule has 0 spiro atoms. The number of hydrogen-bond acceptors (Lipinski definition) is 4. The first-order valence-electron chi connectivity index (χ1n) is 5.56. The molecule has 0 amide bonds. The van der Waals surface area contributed by atoms with Crippen LogP contribution < -0.4 is 0 Å². The van der Waals surface area contributed by atoms with Gasteiger partial charge in [0.05, 0.1) is 5.41 Å². The summed E-state index contributed by atoms with van der Waals surface area (Å²) < 4.78 is 1.31. The molecule has 1 aromatic heterocycles. The molecule has 0 aliphatic carbocycles. The van der Waals surface area contributed by atoms with Gasteiger partial charge in [0.1, 0.15) is 6.54 Å². The molecule has 0 radical (unpaired) electrons. The van der Waals surface area contributed by atoms with Crippen LogP contribution in [-0.4, -0.2) is 31.3 Å². The van der Waals surface area contributed by atoms with Crippen LogP contribution in [0.25, 0.3) is 0 Å². The minimum atomic E-state index is -0.965. The van der Waals surface area contributed by atoms with E-state index in [0.717, 1.165) is 5.56 Å². The average molecular weight is 246 g/mol. The van der Waals surface area contributed by atoms with Gasteiger partial charge in [-0.2, -0.15) is 0 Å². The van der Waals surface area contributed by atoms with Crippen LogP contribution in [0.2, 0.25) is 0 Å². The molecule has 2 aromatic rings. The molecule has 0 saturated carbocycles. The number of carboxylic acid groups (broad SMARTS) is 1. The van der Waals surface area contributed by atoms with Crippen molar-refractivity contribution >= 4 is 5.97 Å². The van der Waals surface area contributed by atoms with Crippen LogP contribution in [0, 0.1) is 0 Å². The number of carbonyl (C=O) groups is 1. The van der Waals surface area contributed by atoms with Gasteiger partial charge >= 0.3 is 5.97 Å². The molecular formula is C12H14N4O2. The normalized spacial score (nSPS) is 11.4. The Morgan fingerprint density at radius 3 is 2.61 bits per heavy atom. The molecule has 0 fully saturated rings. The lowest BCUT2D eigenvalue weighted by molar-refractivity contribution is -0.138. The lowest BCUT2D eigenvalue weighted by atomic mass is 9.84. The highest BCUT2D eigenvalue weighted by Gasteiger charge is 2.29. The van der Waals surface area contributed by atoms with Crippen LogP contribution in [-0.2, 0) is 16.8 Å². The molecule has 0 atom stereocenters. The number of aromatic nitrogens is 4. The van der Waals surface area contributed by atoms with E-state index in [9.17, 15) is 4.79 Å². The Bertz CT molecular complexity index is 548. The number of benzene rings is 1. The first kappa shape index (κ1) is 12.2. The monoisotopic (exact) mass is 246 g/mol. The number of tetrazole rings is 1. The standard InChI is InChI=1S/C12H14N4O2/c1-12(2,9-6-4-3-5-7-9)11-13-14-15-16(11)8-10(17)18/h3-7H,8H2,1-2H3,(H,17,18). The third-order valence-corrected chi connectivity index (χ3v) is 2.87. The summed E-state index contributed by atoms with van der Waals surface area (Å²) in [5, 5.41) is 20.1. The van der Waals surface area contributed by atoms with Crippen molar-refractivity contribution in [3.05, 3.63) is 41.7 Å². The van der Waals surface area contributed by atoms with Gasteiger partial charge in [0.15, 0.2) is 5.82 Å². The highest BCUT2D eigenvalue weighted by molar-refractivity contribution is 5.66. The maximum atomic E-state index is 10.8. The second-order valence-corrected chi connectivity index (χ2v) is 4.54. The molecule has 6 heteroatoms. The van der Waals surface area contributed by atoms with Crippen LogP contribution in [0.15, 0.2) is 30.3 Å². The number of carboxylic acids is 1. The zero-order chi connectivity index (χ0) is 13.2. The third-order valence-electron chi connectivity index (χ3n) is 2.87.